The van der Waals surface area contributed by atoms with Gasteiger partial charge >= 0.3 is 0 Å². The summed E-state index contributed by atoms with van der Waals surface area (Å²) in [6, 6.07) is 124. The molecule has 0 amide bonds. The van der Waals surface area contributed by atoms with Crippen LogP contribution >= 0.6 is 0 Å². The molecule has 0 fully saturated rings. The van der Waals surface area contributed by atoms with Gasteiger partial charge in [0.15, 0.2) is 52.4 Å². The SMILES string of the molecule is CC(C)C1(C(C)C)c2ccccc2-c2ccc3c(oc4cc(-c5nc(-c6ccccc6)nc(-c6cccc7ccccc67)n5)ccc43)c21.CCC1(C)c2ccccc2-c2ccc3c(oc4cc(-c5nc(-c6ccccn6)nc(-c6ccccn6)n5)ccc43)c21.CCC1(CC)c2ccccc2-c2ccc3c(oc4cc(-c5ccc(-c6nc(-c7ccccc7)nc(-c7ccccc7)n6)cc5)ccc43)c21. The highest BCUT2D eigenvalue weighted by Gasteiger charge is 2.50. The molecule has 1 atom stereocenters. The van der Waals surface area contributed by atoms with E-state index in [1.807, 2.05) is 133 Å². The Labute approximate surface area is 793 Å². The Hall–Kier alpha value is -16.7. The molecule has 658 valence electrons. The van der Waals surface area contributed by atoms with Gasteiger partial charge in [-0.2, -0.15) is 0 Å². The Balaban J connectivity index is 0.000000113. The van der Waals surface area contributed by atoms with Crippen molar-refractivity contribution < 1.29 is 13.3 Å². The molecule has 3 aliphatic rings. The average molecular weight is 1770 g/mol. The number of hydrogen-bond acceptors (Lipinski definition) is 14. The molecule has 0 saturated heterocycles. The number of benzene rings is 15. The van der Waals surface area contributed by atoms with Gasteiger partial charge in [-0.25, -0.2) is 44.9 Å². The van der Waals surface area contributed by atoms with E-state index in [4.69, 9.17) is 58.1 Å². The first kappa shape index (κ1) is 83.4. The zero-order valence-corrected chi connectivity index (χ0v) is 77.1. The molecule has 14 nitrogen and oxygen atoms in total. The largest absolute Gasteiger partial charge is 0.456 e. The molecule has 23 aromatic rings. The lowest BCUT2D eigenvalue weighted by molar-refractivity contribution is 0.280. The van der Waals surface area contributed by atoms with Crippen LogP contribution in [0.4, 0.5) is 0 Å². The monoisotopic (exact) mass is 1770 g/mol. The third-order valence-corrected chi connectivity index (χ3v) is 29.1. The summed E-state index contributed by atoms with van der Waals surface area (Å²) in [5, 5.41) is 9.03. The summed E-state index contributed by atoms with van der Waals surface area (Å²) in [7, 11) is 0. The smallest absolute Gasteiger partial charge is 0.182 e. The molecular formula is C123H93N11O3. The molecule has 137 heavy (non-hydrogen) atoms. The van der Waals surface area contributed by atoms with Crippen molar-refractivity contribution >= 4 is 76.6 Å². The molecule has 26 rings (SSSR count). The minimum atomic E-state index is -0.158. The van der Waals surface area contributed by atoms with Gasteiger partial charge in [0.05, 0.1) is 0 Å². The molecule has 0 saturated carbocycles. The molecule has 15 aromatic carbocycles. The van der Waals surface area contributed by atoms with E-state index in [1.54, 1.807) is 12.4 Å². The van der Waals surface area contributed by atoms with Gasteiger partial charge in [0.25, 0.3) is 0 Å². The maximum Gasteiger partial charge on any atom is 0.182 e. The van der Waals surface area contributed by atoms with Crippen molar-refractivity contribution in [2.45, 2.75) is 90.9 Å². The van der Waals surface area contributed by atoms with Crippen LogP contribution in [0.2, 0.25) is 0 Å². The van der Waals surface area contributed by atoms with Crippen LogP contribution in [0.25, 0.3) is 224 Å². The first-order valence-electron chi connectivity index (χ1n) is 47.4. The minimum absolute atomic E-state index is 0.0479. The van der Waals surface area contributed by atoms with E-state index in [9.17, 15) is 0 Å². The number of fused-ring (bicyclic) bond motifs is 22. The molecule has 8 aromatic heterocycles. The summed E-state index contributed by atoms with van der Waals surface area (Å²) in [6.45, 7) is 18.6. The lowest BCUT2D eigenvalue weighted by atomic mass is 9.62. The van der Waals surface area contributed by atoms with Gasteiger partial charge in [0, 0.05) is 117 Å². The molecule has 14 heteroatoms. The summed E-state index contributed by atoms with van der Waals surface area (Å²) < 4.78 is 20.5. The lowest BCUT2D eigenvalue weighted by Gasteiger charge is -2.40. The van der Waals surface area contributed by atoms with Crippen molar-refractivity contribution in [1.29, 1.82) is 0 Å². The third kappa shape index (κ3) is 13.7. The Bertz CT molecular complexity index is 8560. The van der Waals surface area contributed by atoms with E-state index in [1.165, 1.54) is 72.1 Å². The predicted octanol–water partition coefficient (Wildman–Crippen LogP) is 31.3. The second-order valence-electron chi connectivity index (χ2n) is 36.9. The first-order chi connectivity index (χ1) is 67.2. The maximum atomic E-state index is 6.96. The van der Waals surface area contributed by atoms with E-state index in [-0.39, 0.29) is 16.2 Å². The molecule has 3 aliphatic carbocycles. The lowest BCUT2D eigenvalue weighted by Crippen LogP contribution is -2.37. The third-order valence-electron chi connectivity index (χ3n) is 29.1. The van der Waals surface area contributed by atoms with Gasteiger partial charge in [-0.3, -0.25) is 9.97 Å². The van der Waals surface area contributed by atoms with E-state index in [0.29, 0.717) is 75.6 Å². The Morgan fingerprint density at radius 1 is 0.241 bits per heavy atom. The number of hydrogen-bond donors (Lipinski definition) is 0. The van der Waals surface area contributed by atoms with Crippen LogP contribution in [0.1, 0.15) is 108 Å². The second-order valence-corrected chi connectivity index (χ2v) is 36.9. The normalized spacial score (nSPS) is 14.1. The zero-order valence-electron chi connectivity index (χ0n) is 77.1. The highest BCUT2D eigenvalue weighted by molar-refractivity contribution is 6.13. The van der Waals surface area contributed by atoms with Crippen LogP contribution in [0.15, 0.2) is 384 Å². The second kappa shape index (κ2) is 33.5. The highest BCUT2D eigenvalue weighted by Crippen LogP contribution is 2.61. The summed E-state index contributed by atoms with van der Waals surface area (Å²) in [5.74, 6) is 6.15. The molecule has 0 spiro atoms. The van der Waals surface area contributed by atoms with Gasteiger partial charge < -0.3 is 13.3 Å². The summed E-state index contributed by atoms with van der Waals surface area (Å²) >= 11 is 0. The fourth-order valence-electron chi connectivity index (χ4n) is 22.4. The summed E-state index contributed by atoms with van der Waals surface area (Å²) in [4.78, 5) is 53.1. The topological polar surface area (TPSA) is 181 Å². The number of furan rings is 3. The van der Waals surface area contributed by atoms with Gasteiger partial charge in [-0.1, -0.05) is 334 Å². The van der Waals surface area contributed by atoms with Crippen molar-refractivity contribution in [2.75, 3.05) is 0 Å². The predicted molar refractivity (Wildman–Crippen MR) is 554 cm³/mol. The molecule has 0 N–H and O–H groups in total. The number of rotatable bonds is 15. The first-order valence-corrected chi connectivity index (χ1v) is 47.4. The van der Waals surface area contributed by atoms with Gasteiger partial charge in [0.2, 0.25) is 0 Å². The van der Waals surface area contributed by atoms with Crippen molar-refractivity contribution in [3.8, 4) is 147 Å². The number of nitrogens with zero attached hydrogens (tertiary/aromatic N) is 11. The number of pyridine rings is 2. The van der Waals surface area contributed by atoms with Crippen molar-refractivity contribution in [3.63, 3.8) is 0 Å². The van der Waals surface area contributed by atoms with Crippen LogP contribution in [0, 0.1) is 11.8 Å². The van der Waals surface area contributed by atoms with Gasteiger partial charge in [-0.05, 0) is 182 Å². The van der Waals surface area contributed by atoms with E-state index < -0.39 is 0 Å². The Morgan fingerprint density at radius 3 is 1.07 bits per heavy atom. The number of aromatic nitrogens is 11. The fourth-order valence-corrected chi connectivity index (χ4v) is 22.4. The van der Waals surface area contributed by atoms with Gasteiger partial charge in [-0.15, -0.1) is 0 Å². The van der Waals surface area contributed by atoms with Crippen LogP contribution in [-0.2, 0) is 16.2 Å². The van der Waals surface area contributed by atoms with Crippen molar-refractivity contribution in [1.82, 2.24) is 54.8 Å². The van der Waals surface area contributed by atoms with Crippen LogP contribution in [0.3, 0.4) is 0 Å². The van der Waals surface area contributed by atoms with E-state index in [2.05, 4.69) is 290 Å². The molecule has 0 aliphatic heterocycles. The summed E-state index contributed by atoms with van der Waals surface area (Å²) in [5.41, 5.74) is 31.2. The van der Waals surface area contributed by atoms with Gasteiger partial charge in [0.1, 0.15) is 44.9 Å². The molecule has 0 bridgehead atoms. The molecule has 1 unspecified atom stereocenters. The quantitative estimate of drug-likeness (QED) is 0.0945. The highest BCUT2D eigenvalue weighted by atomic mass is 16.3. The Morgan fingerprint density at radius 2 is 0.584 bits per heavy atom. The van der Waals surface area contributed by atoms with Crippen LogP contribution < -0.4 is 0 Å². The standard InChI is InChI=1S/C44H35N3O.C44H33N3O.C35H25N5O/c1-26(2)44(27(3)4)37-20-11-10-18-32(37)34-23-24-35-33-22-21-30(25-38(33)48-40(35)39(34)44)42-45-41(29-14-6-5-7-15-29)46-43(47-42)36-19-12-16-28-13-8-9-17-31(28)36;1-3-44(4-2)37-18-12-11-17-33(37)35-25-26-36-34-24-23-32(27-38(34)48-40(36)39(35)44)28-19-21-31(22-20-28)43-46-41(29-13-7-5-8-14-29)45-42(47-43)30-15-9-6-10-16-30;1-3-35(2)26-11-5-4-10-22(26)24-16-17-25-23-15-14-21(20-29(23)41-31(25)30(24)35)32-38-33(27-12-6-8-18-36-27)40-34(39-32)28-13-7-9-19-37-28/h5-27H,1-4H3;5-27H,3-4H2,1-2H3;4-20H,3H2,1-2H3. The minimum Gasteiger partial charge on any atom is -0.456 e. The van der Waals surface area contributed by atoms with Crippen LogP contribution in [0.5, 0.6) is 0 Å². The zero-order chi connectivity index (χ0) is 92.4. The van der Waals surface area contributed by atoms with Crippen molar-refractivity contribution in [2.24, 2.45) is 11.8 Å². The van der Waals surface area contributed by atoms with Crippen molar-refractivity contribution in [3.05, 3.63) is 404 Å². The molecule has 8 heterocycles. The Kier molecular flexibility index (Phi) is 20.4. The average Bonchev–Trinajstić information content (AvgIpc) is 1.50. The molecular weight excluding hydrogens is 1680 g/mol. The fraction of sp³-hybridized carbons (Fsp3) is 0.130. The maximum absolute atomic E-state index is 6.96. The van der Waals surface area contributed by atoms with E-state index >= 15 is 0 Å². The van der Waals surface area contributed by atoms with E-state index in [0.717, 1.165) is 141 Å². The molecule has 0 radical (unpaired) electrons. The summed E-state index contributed by atoms with van der Waals surface area (Å²) in [6.07, 6.45) is 6.52. The van der Waals surface area contributed by atoms with Crippen LogP contribution in [-0.4, -0.2) is 54.8 Å².